The van der Waals surface area contributed by atoms with Crippen molar-refractivity contribution >= 4 is 50.8 Å². The van der Waals surface area contributed by atoms with Crippen LogP contribution in [0, 0.1) is 17.8 Å². The van der Waals surface area contributed by atoms with E-state index in [-0.39, 0.29) is 54.6 Å². The summed E-state index contributed by atoms with van der Waals surface area (Å²) >= 11 is 1.31. The van der Waals surface area contributed by atoms with Crippen LogP contribution in [-0.2, 0) is 27.2 Å². The lowest BCUT2D eigenvalue weighted by Crippen LogP contribution is -2.43. The minimum absolute atomic E-state index is 0.00755. The number of nitrogens with zero attached hydrogens (tertiary/aromatic N) is 2. The number of benzene rings is 2. The molecule has 3 atom stereocenters. The minimum atomic E-state index is -0.748. The number of thiazole rings is 1. The number of hydrogen-bond acceptors (Lipinski definition) is 8. The molecule has 2 aromatic carbocycles. The van der Waals surface area contributed by atoms with Gasteiger partial charge < -0.3 is 21.9 Å². The number of Topliss-reactive ketones (excluding diaryl/α,β-unsaturated/α-hetero) is 3. The molecular formula is C34H45N5O5S. The second-order valence-corrected chi connectivity index (χ2v) is 13.0. The Morgan fingerprint density at radius 2 is 1.73 bits per heavy atom. The summed E-state index contributed by atoms with van der Waals surface area (Å²) in [5.41, 5.74) is 13.3. The van der Waals surface area contributed by atoms with Crippen LogP contribution in [0.15, 0.2) is 53.5 Å². The minimum Gasteiger partial charge on any atom is -0.396 e. The van der Waals surface area contributed by atoms with Crippen molar-refractivity contribution in [1.29, 1.82) is 0 Å². The number of ketones is 3. The number of aliphatic imine (C=N–C) groups is 1. The highest BCUT2D eigenvalue weighted by Gasteiger charge is 2.30. The van der Waals surface area contributed by atoms with Crippen molar-refractivity contribution in [3.8, 4) is 0 Å². The molecule has 11 heteroatoms. The Morgan fingerprint density at radius 1 is 1.00 bits per heavy atom. The summed E-state index contributed by atoms with van der Waals surface area (Å²) in [7, 11) is 0. The van der Waals surface area contributed by atoms with Crippen molar-refractivity contribution < 1.29 is 24.3 Å². The summed E-state index contributed by atoms with van der Waals surface area (Å²) < 4.78 is 0.895. The number of fused-ring (bicyclic) bond motifs is 1. The Balaban J connectivity index is 1.71. The molecule has 10 nitrogen and oxygen atoms in total. The highest BCUT2D eigenvalue weighted by molar-refractivity contribution is 7.20. The van der Waals surface area contributed by atoms with E-state index in [2.05, 4.69) is 15.3 Å². The van der Waals surface area contributed by atoms with Crippen molar-refractivity contribution in [1.82, 2.24) is 10.3 Å². The number of para-hydroxylation sites is 1. The molecule has 0 fully saturated rings. The normalized spacial score (nSPS) is 13.3. The number of guanidine groups is 1. The quantitative estimate of drug-likeness (QED) is 0.0660. The molecule has 0 aliphatic carbocycles. The van der Waals surface area contributed by atoms with Gasteiger partial charge in [-0.25, -0.2) is 4.98 Å². The predicted molar refractivity (Wildman–Crippen MR) is 178 cm³/mol. The standard InChI is InChI=1S/C34H45N5O5S/c1-21(2)16-27(38-31(43)18-24-9-6-8-23(17-24)13-14-28(41)22(3)20-40)29(42)19-25(10-7-15-37-34(35)36)32(44)33-39-26-11-4-5-12-30(26)45-33/h4-6,8-9,11-12,17,21-22,25,27,40H,7,10,13-16,18-20H2,1-3H3,(H,38,43)(H4,35,36,37)/t22-,25+,27-/m0/s1. The molecule has 1 amide bonds. The maximum Gasteiger partial charge on any atom is 0.224 e. The van der Waals surface area contributed by atoms with Gasteiger partial charge in [0.2, 0.25) is 5.91 Å². The maximum atomic E-state index is 13.7. The molecule has 0 radical (unpaired) electrons. The largest absolute Gasteiger partial charge is 0.396 e. The molecule has 0 saturated carbocycles. The lowest BCUT2D eigenvalue weighted by molar-refractivity contribution is -0.128. The smallest absolute Gasteiger partial charge is 0.224 e. The third-order valence-electron chi connectivity index (χ3n) is 7.60. The van der Waals surface area contributed by atoms with Crippen LogP contribution in [0.5, 0.6) is 0 Å². The zero-order valence-electron chi connectivity index (χ0n) is 26.3. The number of hydrogen-bond donors (Lipinski definition) is 4. The van der Waals surface area contributed by atoms with E-state index in [4.69, 9.17) is 11.5 Å². The number of nitrogens with one attached hydrogen (secondary N) is 1. The molecule has 6 N–H and O–H groups in total. The number of carbonyl (C=O) groups excluding carboxylic acids is 4. The van der Waals surface area contributed by atoms with E-state index in [0.29, 0.717) is 43.7 Å². The van der Waals surface area contributed by atoms with Gasteiger partial charge in [-0.2, -0.15) is 0 Å². The second-order valence-electron chi connectivity index (χ2n) is 12.0. The van der Waals surface area contributed by atoms with E-state index >= 15 is 0 Å². The fourth-order valence-electron chi connectivity index (χ4n) is 5.09. The van der Waals surface area contributed by atoms with E-state index in [1.807, 2.05) is 62.4 Å². The van der Waals surface area contributed by atoms with Gasteiger partial charge in [0, 0.05) is 31.2 Å². The van der Waals surface area contributed by atoms with Crippen LogP contribution in [0.1, 0.15) is 73.8 Å². The summed E-state index contributed by atoms with van der Waals surface area (Å²) in [5, 5.41) is 12.5. The van der Waals surface area contributed by atoms with Gasteiger partial charge in [0.05, 0.1) is 29.3 Å². The molecule has 0 spiro atoms. The summed E-state index contributed by atoms with van der Waals surface area (Å²) in [5.74, 6) is -1.65. The fraction of sp³-hybridized carbons (Fsp3) is 0.471. The number of aliphatic hydroxyl groups is 1. The molecule has 0 bridgehead atoms. The van der Waals surface area contributed by atoms with Gasteiger partial charge in [0.25, 0.3) is 0 Å². The molecule has 242 valence electrons. The molecule has 1 aromatic heterocycles. The molecular weight excluding hydrogens is 590 g/mol. The van der Waals surface area contributed by atoms with E-state index in [1.54, 1.807) is 6.92 Å². The lowest BCUT2D eigenvalue weighted by atomic mass is 9.88. The summed E-state index contributed by atoms with van der Waals surface area (Å²) in [6, 6.07) is 14.2. The Morgan fingerprint density at radius 3 is 2.42 bits per heavy atom. The number of rotatable bonds is 19. The maximum absolute atomic E-state index is 13.7. The third-order valence-corrected chi connectivity index (χ3v) is 8.65. The fourth-order valence-corrected chi connectivity index (χ4v) is 6.08. The van der Waals surface area contributed by atoms with Crippen LogP contribution in [0.25, 0.3) is 10.2 Å². The highest BCUT2D eigenvalue weighted by Crippen LogP contribution is 2.27. The number of aliphatic hydroxyl groups excluding tert-OH is 1. The van der Waals surface area contributed by atoms with Crippen LogP contribution >= 0.6 is 11.3 Å². The Bertz CT molecular complexity index is 1460. The Hall–Kier alpha value is -3.96. The summed E-state index contributed by atoms with van der Waals surface area (Å²) in [4.78, 5) is 61.2. The first-order valence-electron chi connectivity index (χ1n) is 15.4. The zero-order valence-corrected chi connectivity index (χ0v) is 27.1. The van der Waals surface area contributed by atoms with Crippen LogP contribution in [0.4, 0.5) is 0 Å². The monoisotopic (exact) mass is 635 g/mol. The predicted octanol–water partition coefficient (Wildman–Crippen LogP) is 4.01. The van der Waals surface area contributed by atoms with Crippen LogP contribution in [0.2, 0.25) is 0 Å². The average Bonchev–Trinajstić information content (AvgIpc) is 3.44. The van der Waals surface area contributed by atoms with E-state index < -0.39 is 17.9 Å². The van der Waals surface area contributed by atoms with Crippen LogP contribution < -0.4 is 16.8 Å². The van der Waals surface area contributed by atoms with E-state index in [0.717, 1.165) is 21.3 Å². The van der Waals surface area contributed by atoms with Crippen molar-refractivity contribution in [2.24, 2.45) is 34.2 Å². The highest BCUT2D eigenvalue weighted by atomic mass is 32.1. The Labute approximate surface area is 268 Å². The average molecular weight is 636 g/mol. The van der Waals surface area contributed by atoms with Crippen molar-refractivity contribution in [3.63, 3.8) is 0 Å². The first-order valence-corrected chi connectivity index (χ1v) is 16.3. The van der Waals surface area contributed by atoms with Gasteiger partial charge in [-0.05, 0) is 54.9 Å². The van der Waals surface area contributed by atoms with Gasteiger partial charge in [-0.15, -0.1) is 11.3 Å². The lowest BCUT2D eigenvalue weighted by Gasteiger charge is -2.22. The van der Waals surface area contributed by atoms with Crippen molar-refractivity contribution in [3.05, 3.63) is 64.7 Å². The van der Waals surface area contributed by atoms with E-state index in [1.165, 1.54) is 11.3 Å². The molecule has 0 aliphatic heterocycles. The first kappa shape index (κ1) is 35.5. The van der Waals surface area contributed by atoms with Crippen LogP contribution in [-0.4, -0.2) is 58.5 Å². The van der Waals surface area contributed by atoms with Gasteiger partial charge in [-0.1, -0.05) is 57.2 Å². The van der Waals surface area contributed by atoms with Gasteiger partial charge in [0.1, 0.15) is 5.78 Å². The SMILES string of the molecule is CC(C)C[C@H](NC(=O)Cc1cccc(CCC(=O)[C@@H](C)CO)c1)C(=O)C[C@@H](CCCN=C(N)N)C(=O)c1nc2ccccc2s1. The number of aryl methyl sites for hydroxylation is 1. The number of amides is 1. The molecule has 0 saturated heterocycles. The number of carbonyl (C=O) groups is 4. The van der Waals surface area contributed by atoms with Gasteiger partial charge in [0.15, 0.2) is 22.5 Å². The molecule has 1 heterocycles. The molecule has 0 aliphatic rings. The molecule has 0 unspecified atom stereocenters. The van der Waals surface area contributed by atoms with E-state index in [9.17, 15) is 24.3 Å². The second kappa shape index (κ2) is 17.5. The van der Waals surface area contributed by atoms with Gasteiger partial charge >= 0.3 is 0 Å². The first-order chi connectivity index (χ1) is 21.5. The van der Waals surface area contributed by atoms with Crippen molar-refractivity contribution in [2.45, 2.75) is 71.8 Å². The van der Waals surface area contributed by atoms with Gasteiger partial charge in [-0.3, -0.25) is 24.2 Å². The molecule has 45 heavy (non-hydrogen) atoms. The third kappa shape index (κ3) is 11.5. The van der Waals surface area contributed by atoms with Crippen molar-refractivity contribution in [2.75, 3.05) is 13.2 Å². The molecule has 3 rings (SSSR count). The Kier molecular flexibility index (Phi) is 13.8. The zero-order chi connectivity index (χ0) is 32.9. The topological polar surface area (TPSA) is 178 Å². The van der Waals surface area contributed by atoms with Crippen LogP contribution in [0.3, 0.4) is 0 Å². The molecule has 3 aromatic rings. The summed E-state index contributed by atoms with van der Waals surface area (Å²) in [6.45, 7) is 5.82. The number of aromatic nitrogens is 1. The number of nitrogens with two attached hydrogens (primary N) is 2. The summed E-state index contributed by atoms with van der Waals surface area (Å²) in [6.07, 6.45) is 2.20.